The van der Waals surface area contributed by atoms with Gasteiger partial charge in [-0.25, -0.2) is 0 Å². The molecule has 2 rings (SSSR count). The van der Waals surface area contributed by atoms with Gasteiger partial charge in [0, 0.05) is 18.7 Å². The summed E-state index contributed by atoms with van der Waals surface area (Å²) in [5.41, 5.74) is 6.04. The predicted molar refractivity (Wildman–Crippen MR) is 108 cm³/mol. The second-order valence-electron chi connectivity index (χ2n) is 6.53. The van der Waals surface area contributed by atoms with Gasteiger partial charge in [-0.3, -0.25) is 9.59 Å². The number of carbonyl (C=O) groups excluding carboxylic acids is 2. The first-order chi connectivity index (χ1) is 12.0. The summed E-state index contributed by atoms with van der Waals surface area (Å²) in [7, 11) is 1.99. The average molecular weight is 403 g/mol. The normalized spacial score (nSPS) is 15.3. The first-order valence-electron chi connectivity index (χ1n) is 8.75. The van der Waals surface area contributed by atoms with Crippen LogP contribution in [0, 0.1) is 5.92 Å². The monoisotopic (exact) mass is 402 g/mol. The molecule has 1 aliphatic heterocycles. The molecule has 2 amide bonds. The number of halogens is 2. The number of nitrogens with zero attached hydrogens (tertiary/aromatic N) is 1. The van der Waals surface area contributed by atoms with Gasteiger partial charge in [-0.2, -0.15) is 0 Å². The lowest BCUT2D eigenvalue weighted by atomic mass is 9.93. The minimum atomic E-state index is -0.582. The van der Waals surface area contributed by atoms with E-state index in [1.807, 2.05) is 7.05 Å². The Morgan fingerprint density at radius 3 is 2.58 bits per heavy atom. The minimum Gasteiger partial charge on any atom is -0.366 e. The van der Waals surface area contributed by atoms with Gasteiger partial charge in [0.25, 0.3) is 0 Å². The number of piperidine rings is 1. The van der Waals surface area contributed by atoms with Gasteiger partial charge in [-0.1, -0.05) is 11.6 Å². The molecule has 146 valence electrons. The van der Waals surface area contributed by atoms with Crippen molar-refractivity contribution in [1.82, 2.24) is 10.2 Å². The molecule has 8 heteroatoms. The topological polar surface area (TPSA) is 87.5 Å². The van der Waals surface area contributed by atoms with Gasteiger partial charge in [0.05, 0.1) is 10.6 Å². The van der Waals surface area contributed by atoms with Gasteiger partial charge in [0.1, 0.15) is 0 Å². The van der Waals surface area contributed by atoms with E-state index in [9.17, 15) is 9.59 Å². The summed E-state index contributed by atoms with van der Waals surface area (Å²) in [5, 5.41) is 6.26. The zero-order chi connectivity index (χ0) is 18.2. The lowest BCUT2D eigenvalue weighted by Crippen LogP contribution is -2.36. The Labute approximate surface area is 166 Å². The molecular formula is C18H28Cl2N4O2. The second kappa shape index (κ2) is 11.4. The number of anilines is 1. The molecule has 6 nitrogen and oxygen atoms in total. The van der Waals surface area contributed by atoms with Gasteiger partial charge >= 0.3 is 0 Å². The summed E-state index contributed by atoms with van der Waals surface area (Å²) >= 11 is 5.99. The fraction of sp³-hybridized carbons (Fsp3) is 0.556. The number of hydrogen-bond donors (Lipinski definition) is 3. The molecule has 26 heavy (non-hydrogen) atoms. The van der Waals surface area contributed by atoms with E-state index in [1.54, 1.807) is 12.1 Å². The predicted octanol–water partition coefficient (Wildman–Crippen LogP) is 2.51. The molecule has 0 spiro atoms. The number of rotatable bonds is 8. The first kappa shape index (κ1) is 22.7. The fourth-order valence-corrected chi connectivity index (χ4v) is 3.40. The molecule has 1 aliphatic rings. The van der Waals surface area contributed by atoms with Crippen LogP contribution in [0.3, 0.4) is 0 Å². The molecule has 0 unspecified atom stereocenters. The number of carbonyl (C=O) groups is 2. The molecule has 1 heterocycles. The maximum atomic E-state index is 12.1. The highest BCUT2D eigenvalue weighted by atomic mass is 35.5. The van der Waals surface area contributed by atoms with Crippen molar-refractivity contribution in [2.24, 2.45) is 11.7 Å². The number of primary amides is 1. The van der Waals surface area contributed by atoms with Crippen LogP contribution < -0.4 is 16.4 Å². The maximum Gasteiger partial charge on any atom is 0.250 e. The number of likely N-dealkylation sites (tertiary alicyclic amines) is 1. The van der Waals surface area contributed by atoms with E-state index < -0.39 is 5.91 Å². The van der Waals surface area contributed by atoms with Crippen LogP contribution in [-0.2, 0) is 4.79 Å². The molecule has 4 N–H and O–H groups in total. The van der Waals surface area contributed by atoms with Crippen molar-refractivity contribution < 1.29 is 9.59 Å². The highest BCUT2D eigenvalue weighted by molar-refractivity contribution is 6.34. The summed E-state index contributed by atoms with van der Waals surface area (Å²) in [6.45, 7) is 3.95. The van der Waals surface area contributed by atoms with E-state index in [0.29, 0.717) is 12.1 Å². The Bertz CT molecular complexity index is 605. The van der Waals surface area contributed by atoms with E-state index in [4.69, 9.17) is 17.3 Å². The van der Waals surface area contributed by atoms with E-state index in [2.05, 4.69) is 15.5 Å². The minimum absolute atomic E-state index is 0. The van der Waals surface area contributed by atoms with Crippen molar-refractivity contribution in [3.8, 4) is 0 Å². The fourth-order valence-electron chi connectivity index (χ4n) is 3.12. The second-order valence-corrected chi connectivity index (χ2v) is 6.94. The number of nitrogens with one attached hydrogen (secondary N) is 2. The van der Waals surface area contributed by atoms with Crippen molar-refractivity contribution in [3.63, 3.8) is 0 Å². The van der Waals surface area contributed by atoms with Gasteiger partial charge in [0.15, 0.2) is 0 Å². The van der Waals surface area contributed by atoms with E-state index in [-0.39, 0.29) is 28.9 Å². The van der Waals surface area contributed by atoms with Gasteiger partial charge in [-0.15, -0.1) is 12.4 Å². The lowest BCUT2D eigenvalue weighted by Gasteiger charge is -2.31. The van der Waals surface area contributed by atoms with Crippen LogP contribution in [-0.4, -0.2) is 49.9 Å². The molecule has 1 aromatic rings. The van der Waals surface area contributed by atoms with Crippen LogP contribution in [0.15, 0.2) is 18.2 Å². The maximum absolute atomic E-state index is 12.1. The Morgan fingerprint density at radius 1 is 1.31 bits per heavy atom. The Morgan fingerprint density at radius 2 is 2.00 bits per heavy atom. The van der Waals surface area contributed by atoms with Crippen LogP contribution in [0.4, 0.5) is 5.69 Å². The molecule has 0 saturated carbocycles. The standard InChI is InChI=1S/C18H27ClN4O2.ClH/c1-21-8-4-13-5-9-23(10-6-13)11-7-17(24)22-14-2-3-15(18(20)25)16(19)12-14;/h2-3,12-13,21H,4-11H2,1H3,(H2,20,25)(H,22,24);1H. The summed E-state index contributed by atoms with van der Waals surface area (Å²) < 4.78 is 0. The van der Waals surface area contributed by atoms with E-state index in [1.165, 1.54) is 25.3 Å². The molecular weight excluding hydrogens is 375 g/mol. The summed E-state index contributed by atoms with van der Waals surface area (Å²) in [4.78, 5) is 25.6. The van der Waals surface area contributed by atoms with E-state index >= 15 is 0 Å². The van der Waals surface area contributed by atoms with Crippen LogP contribution >= 0.6 is 24.0 Å². The summed E-state index contributed by atoms with van der Waals surface area (Å²) in [6, 6.07) is 4.71. The largest absolute Gasteiger partial charge is 0.366 e. The molecule has 1 fully saturated rings. The average Bonchev–Trinajstić information content (AvgIpc) is 2.59. The third kappa shape index (κ3) is 7.11. The van der Waals surface area contributed by atoms with Crippen LogP contribution in [0.2, 0.25) is 5.02 Å². The third-order valence-electron chi connectivity index (χ3n) is 4.68. The first-order valence-corrected chi connectivity index (χ1v) is 9.13. The summed E-state index contributed by atoms with van der Waals surface area (Å²) in [6.07, 6.45) is 4.07. The Hall–Kier alpha value is -1.34. The molecule has 0 bridgehead atoms. The van der Waals surface area contributed by atoms with Crippen molar-refractivity contribution in [3.05, 3.63) is 28.8 Å². The van der Waals surface area contributed by atoms with Crippen molar-refractivity contribution in [2.75, 3.05) is 38.5 Å². The van der Waals surface area contributed by atoms with E-state index in [0.717, 1.165) is 32.1 Å². The molecule has 1 saturated heterocycles. The lowest BCUT2D eigenvalue weighted by molar-refractivity contribution is -0.116. The van der Waals surface area contributed by atoms with Gasteiger partial charge in [0.2, 0.25) is 11.8 Å². The highest BCUT2D eigenvalue weighted by Gasteiger charge is 2.19. The van der Waals surface area contributed by atoms with Crippen LogP contribution in [0.1, 0.15) is 36.0 Å². The summed E-state index contributed by atoms with van der Waals surface area (Å²) in [5.74, 6) is 0.157. The number of hydrogen-bond acceptors (Lipinski definition) is 4. The molecule has 0 aliphatic carbocycles. The number of amides is 2. The van der Waals surface area contributed by atoms with Crippen molar-refractivity contribution in [2.45, 2.75) is 25.7 Å². The molecule has 0 radical (unpaired) electrons. The SMILES string of the molecule is CNCCC1CCN(CCC(=O)Nc2ccc(C(N)=O)c(Cl)c2)CC1.Cl. The van der Waals surface area contributed by atoms with Crippen molar-refractivity contribution in [1.29, 1.82) is 0 Å². The third-order valence-corrected chi connectivity index (χ3v) is 5.00. The highest BCUT2D eigenvalue weighted by Crippen LogP contribution is 2.22. The number of benzene rings is 1. The van der Waals surface area contributed by atoms with Crippen LogP contribution in [0.25, 0.3) is 0 Å². The molecule has 0 aromatic heterocycles. The zero-order valence-corrected chi connectivity index (χ0v) is 16.7. The van der Waals surface area contributed by atoms with Crippen molar-refractivity contribution >= 4 is 41.5 Å². The number of nitrogens with two attached hydrogens (primary N) is 1. The van der Waals surface area contributed by atoms with Gasteiger partial charge in [-0.05, 0) is 70.1 Å². The smallest absolute Gasteiger partial charge is 0.250 e. The Kier molecular flexibility index (Phi) is 9.94. The quantitative estimate of drug-likeness (QED) is 0.623. The molecule has 1 aromatic carbocycles. The van der Waals surface area contributed by atoms with Crippen LogP contribution in [0.5, 0.6) is 0 Å². The zero-order valence-electron chi connectivity index (χ0n) is 15.1. The Balaban J connectivity index is 0.00000338. The van der Waals surface area contributed by atoms with Gasteiger partial charge < -0.3 is 21.3 Å². The molecule has 0 atom stereocenters.